The number of pyridine rings is 2. The number of aromatic nitrogens is 2. The number of fused-ring (bicyclic) bond motifs is 6. The Kier molecular flexibility index (Phi) is 8.50. The van der Waals surface area contributed by atoms with Gasteiger partial charge in [0, 0.05) is 32.5 Å². The summed E-state index contributed by atoms with van der Waals surface area (Å²) in [7, 11) is 0. The average molecular weight is 773 g/mol. The number of hydrogen-bond acceptors (Lipinski definition) is 2. The standard InChI is InChI=1S/C24H24N.C19H12N.Ir/c1-23(2,3)17-12-13-25-22(15-17)16-10-11-21-19(14-16)18-8-6-7-9-20(18)24(21,4)5;1-2-6-17-14(5-1)8-9-15-10-11-16(13-18(15)17)19-7-3-4-12-20-19;/h6-9,11-15H,1-5H3;1-10,12-13H;/q2*-1;. The van der Waals surface area contributed by atoms with E-state index in [1.807, 2.05) is 36.7 Å². The third kappa shape index (κ3) is 5.82. The maximum absolute atomic E-state index is 4.61. The Hall–Kier alpha value is -4.43. The molecular formula is C43H36IrN2-2. The van der Waals surface area contributed by atoms with Gasteiger partial charge >= 0.3 is 0 Å². The molecule has 46 heavy (non-hydrogen) atoms. The van der Waals surface area contributed by atoms with Crippen molar-refractivity contribution in [3.05, 3.63) is 156 Å². The fourth-order valence-corrected chi connectivity index (χ4v) is 6.44. The molecule has 0 amide bonds. The van der Waals surface area contributed by atoms with Crippen LogP contribution < -0.4 is 0 Å². The van der Waals surface area contributed by atoms with Crippen molar-refractivity contribution in [2.24, 2.45) is 0 Å². The van der Waals surface area contributed by atoms with Crippen LogP contribution in [0.15, 0.2) is 128 Å². The second-order valence-electron chi connectivity index (χ2n) is 13.4. The number of hydrogen-bond donors (Lipinski definition) is 0. The van der Waals surface area contributed by atoms with Gasteiger partial charge in [-0.25, -0.2) is 0 Å². The van der Waals surface area contributed by atoms with E-state index in [2.05, 4.69) is 148 Å². The van der Waals surface area contributed by atoms with Gasteiger partial charge < -0.3 is 9.97 Å². The molecule has 0 N–H and O–H groups in total. The Morgan fingerprint density at radius 1 is 0.565 bits per heavy atom. The van der Waals surface area contributed by atoms with Crippen LogP contribution in [0.1, 0.15) is 51.3 Å². The minimum Gasteiger partial charge on any atom is -0.305 e. The molecule has 2 aromatic heterocycles. The molecular weight excluding hydrogens is 737 g/mol. The van der Waals surface area contributed by atoms with E-state index in [9.17, 15) is 0 Å². The third-order valence-electron chi connectivity index (χ3n) is 9.03. The third-order valence-corrected chi connectivity index (χ3v) is 9.03. The smallest absolute Gasteiger partial charge is 0.0163 e. The molecule has 229 valence electrons. The second-order valence-corrected chi connectivity index (χ2v) is 13.4. The maximum Gasteiger partial charge on any atom is 0.0163 e. The summed E-state index contributed by atoms with van der Waals surface area (Å²) in [4.78, 5) is 9.01. The van der Waals surface area contributed by atoms with Crippen LogP contribution in [0.25, 0.3) is 55.2 Å². The largest absolute Gasteiger partial charge is 0.305 e. The quantitative estimate of drug-likeness (QED) is 0.129. The van der Waals surface area contributed by atoms with Crippen LogP contribution in [0, 0.1) is 12.1 Å². The van der Waals surface area contributed by atoms with Crippen LogP contribution >= 0.6 is 0 Å². The predicted molar refractivity (Wildman–Crippen MR) is 188 cm³/mol. The zero-order valence-electron chi connectivity index (χ0n) is 26.9. The van der Waals surface area contributed by atoms with Gasteiger partial charge in [0.15, 0.2) is 0 Å². The molecule has 3 heteroatoms. The SMILES string of the molecule is CC(C)(C)c1ccnc(-c2[c-]cc3c(c2)-c2ccccc2C3(C)C)c1.[Ir].[c-]1cc2ccc3ccccc3c2cc1-c1ccccn1. The van der Waals surface area contributed by atoms with Gasteiger partial charge in [0.1, 0.15) is 0 Å². The molecule has 0 bridgehead atoms. The minimum absolute atomic E-state index is 0. The fraction of sp³-hybridized carbons (Fsp3) is 0.163. The van der Waals surface area contributed by atoms with Gasteiger partial charge in [0.2, 0.25) is 0 Å². The maximum atomic E-state index is 4.61. The summed E-state index contributed by atoms with van der Waals surface area (Å²) < 4.78 is 0. The van der Waals surface area contributed by atoms with Crippen molar-refractivity contribution in [2.75, 3.05) is 0 Å². The topological polar surface area (TPSA) is 25.8 Å². The molecule has 0 spiro atoms. The van der Waals surface area contributed by atoms with Crippen LogP contribution in [0.2, 0.25) is 0 Å². The molecule has 0 fully saturated rings. The predicted octanol–water partition coefficient (Wildman–Crippen LogP) is 11.0. The van der Waals surface area contributed by atoms with Crippen molar-refractivity contribution in [2.45, 2.75) is 45.4 Å². The van der Waals surface area contributed by atoms with E-state index in [1.54, 1.807) is 0 Å². The normalized spacial score (nSPS) is 12.9. The van der Waals surface area contributed by atoms with Crippen molar-refractivity contribution in [1.29, 1.82) is 0 Å². The molecule has 2 heterocycles. The molecule has 0 saturated carbocycles. The minimum atomic E-state index is 0. The molecule has 0 atom stereocenters. The number of nitrogens with zero attached hydrogens (tertiary/aromatic N) is 2. The first kappa shape index (κ1) is 31.5. The summed E-state index contributed by atoms with van der Waals surface area (Å²) in [6.45, 7) is 11.3. The molecule has 0 unspecified atom stereocenters. The van der Waals surface area contributed by atoms with Crippen LogP contribution in [-0.2, 0) is 30.9 Å². The van der Waals surface area contributed by atoms with E-state index in [4.69, 9.17) is 0 Å². The first-order valence-electron chi connectivity index (χ1n) is 15.6. The van der Waals surface area contributed by atoms with E-state index >= 15 is 0 Å². The van der Waals surface area contributed by atoms with Crippen LogP contribution in [0.3, 0.4) is 0 Å². The van der Waals surface area contributed by atoms with Gasteiger partial charge in [-0.05, 0) is 61.8 Å². The van der Waals surface area contributed by atoms with Crippen LogP contribution in [-0.4, -0.2) is 9.97 Å². The summed E-state index contributed by atoms with van der Waals surface area (Å²) >= 11 is 0. The number of benzene rings is 5. The zero-order chi connectivity index (χ0) is 31.2. The molecule has 0 aliphatic heterocycles. The molecule has 7 aromatic rings. The van der Waals surface area contributed by atoms with Gasteiger partial charge in [0.05, 0.1) is 0 Å². The summed E-state index contributed by atoms with van der Waals surface area (Å²) in [5.74, 6) is 0. The molecule has 1 aliphatic carbocycles. The Morgan fingerprint density at radius 3 is 2.07 bits per heavy atom. The van der Waals surface area contributed by atoms with E-state index in [0.29, 0.717) is 0 Å². The van der Waals surface area contributed by atoms with Gasteiger partial charge in [-0.3, -0.25) is 0 Å². The summed E-state index contributed by atoms with van der Waals surface area (Å²) in [6.07, 6.45) is 3.73. The molecule has 0 saturated heterocycles. The van der Waals surface area contributed by atoms with E-state index < -0.39 is 0 Å². The molecule has 1 aliphatic rings. The Bertz CT molecular complexity index is 2170. The van der Waals surface area contributed by atoms with Crippen molar-refractivity contribution < 1.29 is 20.1 Å². The van der Waals surface area contributed by atoms with Crippen molar-refractivity contribution in [3.8, 4) is 33.6 Å². The zero-order valence-corrected chi connectivity index (χ0v) is 29.2. The Labute approximate surface area is 285 Å². The van der Waals surface area contributed by atoms with E-state index in [0.717, 1.165) is 22.5 Å². The Balaban J connectivity index is 0.000000162. The Morgan fingerprint density at radius 2 is 1.26 bits per heavy atom. The van der Waals surface area contributed by atoms with Crippen LogP contribution in [0.5, 0.6) is 0 Å². The van der Waals surface area contributed by atoms with Gasteiger partial charge in [-0.15, -0.1) is 53.1 Å². The van der Waals surface area contributed by atoms with E-state index in [-0.39, 0.29) is 30.9 Å². The summed E-state index contributed by atoms with van der Waals surface area (Å²) in [5.41, 5.74) is 10.9. The second kappa shape index (κ2) is 12.4. The molecule has 5 aromatic carbocycles. The van der Waals surface area contributed by atoms with Gasteiger partial charge in [0.25, 0.3) is 0 Å². The average Bonchev–Trinajstić information content (AvgIpc) is 3.30. The molecule has 1 radical (unpaired) electrons. The van der Waals surface area contributed by atoms with Gasteiger partial charge in [-0.2, -0.15) is 0 Å². The number of rotatable bonds is 2. The first-order chi connectivity index (χ1) is 21.7. The van der Waals surface area contributed by atoms with E-state index in [1.165, 1.54) is 49.4 Å². The van der Waals surface area contributed by atoms with Crippen molar-refractivity contribution in [1.82, 2.24) is 9.97 Å². The monoisotopic (exact) mass is 773 g/mol. The van der Waals surface area contributed by atoms with Crippen LogP contribution in [0.4, 0.5) is 0 Å². The van der Waals surface area contributed by atoms with Crippen molar-refractivity contribution >= 4 is 21.5 Å². The summed E-state index contributed by atoms with van der Waals surface area (Å²) in [6, 6.07) is 47.2. The molecule has 8 rings (SSSR count). The fourth-order valence-electron chi connectivity index (χ4n) is 6.44. The first-order valence-corrected chi connectivity index (χ1v) is 15.6. The van der Waals surface area contributed by atoms with Gasteiger partial charge in [-0.1, -0.05) is 130 Å². The molecule has 2 nitrogen and oxygen atoms in total. The van der Waals surface area contributed by atoms with Crippen molar-refractivity contribution in [3.63, 3.8) is 0 Å². The summed E-state index contributed by atoms with van der Waals surface area (Å²) in [5, 5.41) is 5.00.